The highest BCUT2D eigenvalue weighted by Gasteiger charge is 2.21. The van der Waals surface area contributed by atoms with Crippen molar-refractivity contribution in [3.05, 3.63) is 30.3 Å². The van der Waals surface area contributed by atoms with E-state index < -0.39 is 0 Å². The van der Waals surface area contributed by atoms with Crippen molar-refractivity contribution in [3.63, 3.8) is 0 Å². The Hall–Kier alpha value is -1.55. The Labute approximate surface area is 198 Å². The zero-order chi connectivity index (χ0) is 20.9. The average molecular weight is 531 g/mol. The third-order valence-electron chi connectivity index (χ3n) is 4.80. The molecule has 1 amide bonds. The molecule has 1 heterocycles. The molecule has 0 radical (unpaired) electrons. The number of para-hydroxylation sites is 1. The van der Waals surface area contributed by atoms with Gasteiger partial charge in [0.25, 0.3) is 0 Å². The number of benzene rings is 1. The van der Waals surface area contributed by atoms with Crippen LogP contribution in [0.5, 0.6) is 5.75 Å². The van der Waals surface area contributed by atoms with E-state index in [9.17, 15) is 4.79 Å². The highest BCUT2D eigenvalue weighted by Crippen LogP contribution is 2.11. The Morgan fingerprint density at radius 3 is 2.53 bits per heavy atom. The lowest BCUT2D eigenvalue weighted by atomic mass is 10.1. The number of likely N-dealkylation sites (tertiary alicyclic amines) is 1. The molecule has 1 fully saturated rings. The number of nitrogens with one attached hydrogen (secondary N) is 3. The summed E-state index contributed by atoms with van der Waals surface area (Å²) in [6.45, 7) is 10.7. The molecule has 0 spiro atoms. The lowest BCUT2D eigenvalue weighted by Gasteiger charge is -2.32. The molecule has 7 nitrogen and oxygen atoms in total. The van der Waals surface area contributed by atoms with Gasteiger partial charge in [0.1, 0.15) is 11.9 Å². The van der Waals surface area contributed by atoms with E-state index in [4.69, 9.17) is 9.73 Å². The summed E-state index contributed by atoms with van der Waals surface area (Å²) in [5.74, 6) is 1.82. The standard InChI is InChI=1S/C22H37N5O2.HI/c1-4-13-24-21(28)17-27-14-11-19(12-15-27)26-22(23-5-2)25-16-18(3)29-20-9-7-6-8-10-20;/h6-10,18-19H,4-5,11-17H2,1-3H3,(H,24,28)(H2,23,25,26);1H. The van der Waals surface area contributed by atoms with Crippen LogP contribution in [0.4, 0.5) is 0 Å². The van der Waals surface area contributed by atoms with Crippen molar-refractivity contribution in [2.75, 3.05) is 39.3 Å². The van der Waals surface area contributed by atoms with Crippen LogP contribution >= 0.6 is 24.0 Å². The predicted molar refractivity (Wildman–Crippen MR) is 134 cm³/mol. The monoisotopic (exact) mass is 531 g/mol. The van der Waals surface area contributed by atoms with E-state index in [0.29, 0.717) is 19.1 Å². The van der Waals surface area contributed by atoms with Gasteiger partial charge in [0.15, 0.2) is 5.96 Å². The first-order chi connectivity index (χ1) is 14.1. The molecule has 2 rings (SSSR count). The molecule has 3 N–H and O–H groups in total. The van der Waals surface area contributed by atoms with Gasteiger partial charge in [-0.3, -0.25) is 9.69 Å². The molecule has 1 saturated heterocycles. The second kappa shape index (κ2) is 15.3. The molecule has 0 aromatic heterocycles. The number of carbonyl (C=O) groups is 1. The Kier molecular flexibility index (Phi) is 13.5. The lowest BCUT2D eigenvalue weighted by molar-refractivity contribution is -0.122. The Balaban J connectivity index is 0.00000450. The van der Waals surface area contributed by atoms with Gasteiger partial charge in [-0.05, 0) is 45.2 Å². The molecular formula is C22H38IN5O2. The van der Waals surface area contributed by atoms with Gasteiger partial charge in [-0.15, -0.1) is 24.0 Å². The predicted octanol–water partition coefficient (Wildman–Crippen LogP) is 2.62. The SMILES string of the molecule is CCCNC(=O)CN1CCC(NC(=NCC(C)Oc2ccccc2)NCC)CC1.I. The quantitative estimate of drug-likeness (QED) is 0.246. The smallest absolute Gasteiger partial charge is 0.234 e. The van der Waals surface area contributed by atoms with Gasteiger partial charge in [-0.1, -0.05) is 25.1 Å². The fourth-order valence-electron chi connectivity index (χ4n) is 3.26. The molecule has 1 aromatic carbocycles. The summed E-state index contributed by atoms with van der Waals surface area (Å²) in [7, 11) is 0. The Bertz CT molecular complexity index is 621. The van der Waals surface area contributed by atoms with Crippen LogP contribution in [0.15, 0.2) is 35.3 Å². The van der Waals surface area contributed by atoms with Crippen molar-refractivity contribution in [1.82, 2.24) is 20.9 Å². The van der Waals surface area contributed by atoms with Gasteiger partial charge >= 0.3 is 0 Å². The van der Waals surface area contributed by atoms with Gasteiger partial charge in [0, 0.05) is 32.2 Å². The second-order valence-corrected chi connectivity index (χ2v) is 7.51. The van der Waals surface area contributed by atoms with Crippen molar-refractivity contribution in [2.24, 2.45) is 4.99 Å². The van der Waals surface area contributed by atoms with Gasteiger partial charge in [-0.25, -0.2) is 4.99 Å². The molecule has 0 bridgehead atoms. The molecule has 1 atom stereocenters. The number of amides is 1. The highest BCUT2D eigenvalue weighted by molar-refractivity contribution is 14.0. The fraction of sp³-hybridized carbons (Fsp3) is 0.636. The van der Waals surface area contributed by atoms with Gasteiger partial charge < -0.3 is 20.7 Å². The summed E-state index contributed by atoms with van der Waals surface area (Å²) in [4.78, 5) is 18.8. The molecule has 1 aromatic rings. The Morgan fingerprint density at radius 1 is 1.20 bits per heavy atom. The van der Waals surface area contributed by atoms with Crippen molar-refractivity contribution < 1.29 is 9.53 Å². The van der Waals surface area contributed by atoms with E-state index in [1.807, 2.05) is 37.3 Å². The van der Waals surface area contributed by atoms with E-state index in [1.54, 1.807) is 0 Å². The van der Waals surface area contributed by atoms with Crippen LogP contribution in [0.2, 0.25) is 0 Å². The number of hydrogen-bond acceptors (Lipinski definition) is 4. The first-order valence-corrected chi connectivity index (χ1v) is 10.9. The molecular weight excluding hydrogens is 493 g/mol. The average Bonchev–Trinajstić information content (AvgIpc) is 2.73. The van der Waals surface area contributed by atoms with Crippen molar-refractivity contribution in [2.45, 2.75) is 52.2 Å². The van der Waals surface area contributed by atoms with Crippen molar-refractivity contribution >= 4 is 35.8 Å². The largest absolute Gasteiger partial charge is 0.489 e. The number of aliphatic imine (C=N–C) groups is 1. The zero-order valence-corrected chi connectivity index (χ0v) is 20.9. The number of ether oxygens (including phenoxy) is 1. The van der Waals surface area contributed by atoms with Crippen LogP contribution in [-0.2, 0) is 4.79 Å². The van der Waals surface area contributed by atoms with E-state index >= 15 is 0 Å². The molecule has 0 saturated carbocycles. The fourth-order valence-corrected chi connectivity index (χ4v) is 3.26. The number of halogens is 1. The number of guanidine groups is 1. The molecule has 30 heavy (non-hydrogen) atoms. The number of rotatable bonds is 10. The van der Waals surface area contributed by atoms with Gasteiger partial charge in [0.2, 0.25) is 5.91 Å². The normalized spacial score (nSPS) is 16.3. The molecule has 1 aliphatic rings. The maximum atomic E-state index is 11.9. The van der Waals surface area contributed by atoms with E-state index in [1.165, 1.54) is 0 Å². The molecule has 170 valence electrons. The lowest BCUT2D eigenvalue weighted by Crippen LogP contribution is -2.50. The maximum Gasteiger partial charge on any atom is 0.234 e. The number of carbonyl (C=O) groups excluding carboxylic acids is 1. The van der Waals surface area contributed by atoms with Gasteiger partial charge in [0.05, 0.1) is 13.1 Å². The van der Waals surface area contributed by atoms with Crippen molar-refractivity contribution in [1.29, 1.82) is 0 Å². The summed E-state index contributed by atoms with van der Waals surface area (Å²) in [5, 5.41) is 9.81. The minimum atomic E-state index is -0.00339. The maximum absolute atomic E-state index is 11.9. The Morgan fingerprint density at radius 2 is 1.90 bits per heavy atom. The van der Waals surface area contributed by atoms with Crippen molar-refractivity contribution in [3.8, 4) is 5.75 Å². The molecule has 1 unspecified atom stereocenters. The van der Waals surface area contributed by atoms with Crippen LogP contribution < -0.4 is 20.7 Å². The second-order valence-electron chi connectivity index (χ2n) is 7.51. The molecule has 1 aliphatic heterocycles. The summed E-state index contributed by atoms with van der Waals surface area (Å²) >= 11 is 0. The van der Waals surface area contributed by atoms with Crippen LogP contribution in [0.25, 0.3) is 0 Å². The van der Waals surface area contributed by atoms with E-state index in [-0.39, 0.29) is 36.0 Å². The first-order valence-electron chi connectivity index (χ1n) is 10.9. The summed E-state index contributed by atoms with van der Waals surface area (Å²) in [5.41, 5.74) is 0. The van der Waals surface area contributed by atoms with E-state index in [0.717, 1.165) is 57.2 Å². The topological polar surface area (TPSA) is 78.0 Å². The first kappa shape index (κ1) is 26.5. The third kappa shape index (κ3) is 10.5. The number of hydrogen-bond donors (Lipinski definition) is 3. The minimum Gasteiger partial charge on any atom is -0.489 e. The van der Waals surface area contributed by atoms with E-state index in [2.05, 4.69) is 34.7 Å². The number of nitrogens with zero attached hydrogens (tertiary/aromatic N) is 2. The highest BCUT2D eigenvalue weighted by atomic mass is 127. The van der Waals surface area contributed by atoms with Crippen LogP contribution in [0.1, 0.15) is 40.0 Å². The van der Waals surface area contributed by atoms with Crippen LogP contribution in [0.3, 0.4) is 0 Å². The minimum absolute atomic E-state index is 0. The summed E-state index contributed by atoms with van der Waals surface area (Å²) in [6, 6.07) is 10.2. The molecule has 0 aliphatic carbocycles. The summed E-state index contributed by atoms with van der Waals surface area (Å²) in [6.07, 6.45) is 2.97. The third-order valence-corrected chi connectivity index (χ3v) is 4.80. The zero-order valence-electron chi connectivity index (χ0n) is 18.5. The molecule has 8 heteroatoms. The number of piperidine rings is 1. The van der Waals surface area contributed by atoms with Crippen LogP contribution in [0, 0.1) is 0 Å². The van der Waals surface area contributed by atoms with Gasteiger partial charge in [-0.2, -0.15) is 0 Å². The summed E-state index contributed by atoms with van der Waals surface area (Å²) < 4.78 is 5.90. The van der Waals surface area contributed by atoms with Crippen LogP contribution in [-0.4, -0.2) is 68.2 Å².